The normalized spacial score (nSPS) is 17.8. The average molecular weight is 267 g/mol. The molecule has 0 bridgehead atoms. The zero-order valence-electron chi connectivity index (χ0n) is 10.7. The molecule has 1 heterocycles. The fraction of sp³-hybridized carbons (Fsp3) is 0.643. The second-order valence-electron chi connectivity index (χ2n) is 5.22. The van der Waals surface area contributed by atoms with Crippen LogP contribution < -0.4 is 5.32 Å². The van der Waals surface area contributed by atoms with Crippen LogP contribution in [0.15, 0.2) is 17.5 Å². The van der Waals surface area contributed by atoms with Crippen LogP contribution in [0.4, 0.5) is 0 Å². The van der Waals surface area contributed by atoms with Crippen molar-refractivity contribution in [3.05, 3.63) is 22.4 Å². The fourth-order valence-corrected chi connectivity index (χ4v) is 3.29. The molecule has 1 aliphatic rings. The van der Waals surface area contributed by atoms with Gasteiger partial charge in [0.05, 0.1) is 6.61 Å². The Morgan fingerprint density at radius 2 is 2.22 bits per heavy atom. The highest BCUT2D eigenvalue weighted by atomic mass is 32.1. The predicted octanol–water partition coefficient (Wildman–Crippen LogP) is 2.35. The zero-order chi connectivity index (χ0) is 12.8. The molecule has 1 amide bonds. The van der Waals surface area contributed by atoms with E-state index >= 15 is 0 Å². The van der Waals surface area contributed by atoms with Gasteiger partial charge >= 0.3 is 0 Å². The predicted molar refractivity (Wildman–Crippen MR) is 73.6 cm³/mol. The lowest BCUT2D eigenvalue weighted by Gasteiger charge is -2.26. The van der Waals surface area contributed by atoms with E-state index in [1.807, 2.05) is 11.4 Å². The van der Waals surface area contributed by atoms with Gasteiger partial charge in [-0.05, 0) is 30.7 Å². The Labute approximate surface area is 112 Å². The molecule has 0 unspecified atom stereocenters. The summed E-state index contributed by atoms with van der Waals surface area (Å²) < 4.78 is 0. The van der Waals surface area contributed by atoms with Gasteiger partial charge < -0.3 is 10.4 Å². The van der Waals surface area contributed by atoms with E-state index in [9.17, 15) is 9.90 Å². The van der Waals surface area contributed by atoms with E-state index in [1.54, 1.807) is 11.3 Å². The summed E-state index contributed by atoms with van der Waals surface area (Å²) in [6.07, 6.45) is 5.78. The zero-order valence-corrected chi connectivity index (χ0v) is 11.5. The second-order valence-corrected chi connectivity index (χ2v) is 6.25. The van der Waals surface area contributed by atoms with Gasteiger partial charge in [0.1, 0.15) is 0 Å². The van der Waals surface area contributed by atoms with Gasteiger partial charge in [0.15, 0.2) is 0 Å². The van der Waals surface area contributed by atoms with Crippen LogP contribution in [0.2, 0.25) is 0 Å². The summed E-state index contributed by atoms with van der Waals surface area (Å²) in [7, 11) is 0. The van der Waals surface area contributed by atoms with Crippen LogP contribution in [-0.2, 0) is 11.2 Å². The molecule has 100 valence electrons. The Balaban J connectivity index is 1.71. The number of nitrogens with one attached hydrogen (secondary N) is 1. The molecule has 2 N–H and O–H groups in total. The molecule has 1 aromatic heterocycles. The highest BCUT2D eigenvalue weighted by molar-refractivity contribution is 7.09. The van der Waals surface area contributed by atoms with Crippen molar-refractivity contribution in [2.24, 2.45) is 5.41 Å². The van der Waals surface area contributed by atoms with Crippen LogP contribution in [0, 0.1) is 5.41 Å². The highest BCUT2D eigenvalue weighted by Crippen LogP contribution is 2.36. The number of hydrogen-bond acceptors (Lipinski definition) is 3. The van der Waals surface area contributed by atoms with Crippen molar-refractivity contribution in [2.75, 3.05) is 13.2 Å². The maximum absolute atomic E-state index is 11.8. The molecule has 18 heavy (non-hydrogen) atoms. The minimum absolute atomic E-state index is 0.0431. The molecular formula is C14H21NO2S. The summed E-state index contributed by atoms with van der Waals surface area (Å²) in [4.78, 5) is 13.0. The number of thiophene rings is 1. The number of hydrogen-bond donors (Lipinski definition) is 2. The lowest BCUT2D eigenvalue weighted by atomic mass is 9.87. The Kier molecular flexibility index (Phi) is 4.78. The molecular weight excluding hydrogens is 246 g/mol. The van der Waals surface area contributed by atoms with Crippen molar-refractivity contribution in [3.63, 3.8) is 0 Å². The Morgan fingerprint density at radius 3 is 2.83 bits per heavy atom. The summed E-state index contributed by atoms with van der Waals surface area (Å²) in [6, 6.07) is 4.07. The third-order valence-corrected chi connectivity index (χ3v) is 4.77. The van der Waals surface area contributed by atoms with Gasteiger partial charge in [-0.3, -0.25) is 4.79 Å². The summed E-state index contributed by atoms with van der Waals surface area (Å²) >= 11 is 1.69. The van der Waals surface area contributed by atoms with Crippen LogP contribution >= 0.6 is 11.3 Å². The molecule has 1 saturated carbocycles. The summed E-state index contributed by atoms with van der Waals surface area (Å²) in [5.41, 5.74) is -0.0431. The lowest BCUT2D eigenvalue weighted by molar-refractivity contribution is -0.121. The van der Waals surface area contributed by atoms with Crippen molar-refractivity contribution >= 4 is 17.2 Å². The van der Waals surface area contributed by atoms with Gasteiger partial charge in [-0.2, -0.15) is 0 Å². The largest absolute Gasteiger partial charge is 0.396 e. The third kappa shape index (κ3) is 3.56. The van der Waals surface area contributed by atoms with Crippen molar-refractivity contribution in [1.29, 1.82) is 0 Å². The minimum atomic E-state index is -0.0431. The monoisotopic (exact) mass is 267 g/mol. The quantitative estimate of drug-likeness (QED) is 0.831. The summed E-state index contributed by atoms with van der Waals surface area (Å²) in [5, 5.41) is 14.5. The molecule has 0 aromatic carbocycles. The van der Waals surface area contributed by atoms with Crippen molar-refractivity contribution in [1.82, 2.24) is 5.32 Å². The first-order valence-corrected chi connectivity index (χ1v) is 7.52. The van der Waals surface area contributed by atoms with Gasteiger partial charge in [0, 0.05) is 23.3 Å². The number of aliphatic hydroxyl groups is 1. The number of amides is 1. The molecule has 0 spiro atoms. The van der Waals surface area contributed by atoms with Crippen LogP contribution in [0.5, 0.6) is 0 Å². The van der Waals surface area contributed by atoms with Gasteiger partial charge in [0.2, 0.25) is 5.91 Å². The third-order valence-electron chi connectivity index (χ3n) is 3.84. The summed E-state index contributed by atoms with van der Waals surface area (Å²) in [5.74, 6) is 0.100. The Morgan fingerprint density at radius 1 is 1.44 bits per heavy atom. The van der Waals surface area contributed by atoms with Crippen LogP contribution in [0.1, 0.15) is 37.0 Å². The second kappa shape index (κ2) is 6.34. The molecule has 0 atom stereocenters. The molecule has 0 radical (unpaired) electrons. The van der Waals surface area contributed by atoms with Gasteiger partial charge in [0.25, 0.3) is 0 Å². The fourth-order valence-electron chi connectivity index (χ4n) is 2.58. The van der Waals surface area contributed by atoms with Crippen LogP contribution in [0.3, 0.4) is 0 Å². The smallest absolute Gasteiger partial charge is 0.220 e. The Hall–Kier alpha value is -0.870. The van der Waals surface area contributed by atoms with Gasteiger partial charge in [-0.1, -0.05) is 18.9 Å². The SMILES string of the molecule is O=C(CCc1cccs1)NCC1(CO)CCCC1. The van der Waals surface area contributed by atoms with Gasteiger partial charge in [-0.15, -0.1) is 11.3 Å². The van der Waals surface area contributed by atoms with Crippen LogP contribution in [-0.4, -0.2) is 24.2 Å². The molecule has 2 rings (SSSR count). The highest BCUT2D eigenvalue weighted by Gasteiger charge is 2.33. The maximum atomic E-state index is 11.8. The topological polar surface area (TPSA) is 49.3 Å². The number of carbonyl (C=O) groups is 1. The average Bonchev–Trinajstić information content (AvgIpc) is 3.06. The van der Waals surface area contributed by atoms with E-state index in [0.717, 1.165) is 19.3 Å². The molecule has 0 aliphatic heterocycles. The molecule has 1 aromatic rings. The van der Waals surface area contributed by atoms with E-state index in [4.69, 9.17) is 0 Å². The molecule has 1 fully saturated rings. The molecule has 0 saturated heterocycles. The first kappa shape index (κ1) is 13.6. The standard InChI is InChI=1S/C14H21NO2S/c16-11-14(7-1-2-8-14)10-15-13(17)6-5-12-4-3-9-18-12/h3-4,9,16H,1-2,5-8,10-11H2,(H,15,17). The minimum Gasteiger partial charge on any atom is -0.396 e. The van der Waals surface area contributed by atoms with E-state index in [-0.39, 0.29) is 17.9 Å². The maximum Gasteiger partial charge on any atom is 0.220 e. The van der Waals surface area contributed by atoms with Gasteiger partial charge in [-0.25, -0.2) is 0 Å². The van der Waals surface area contributed by atoms with E-state index in [0.29, 0.717) is 13.0 Å². The van der Waals surface area contributed by atoms with Crippen molar-refractivity contribution in [3.8, 4) is 0 Å². The van der Waals surface area contributed by atoms with Crippen molar-refractivity contribution < 1.29 is 9.90 Å². The number of aryl methyl sites for hydroxylation is 1. The van der Waals surface area contributed by atoms with E-state index in [1.165, 1.54) is 17.7 Å². The van der Waals surface area contributed by atoms with Crippen molar-refractivity contribution in [2.45, 2.75) is 38.5 Å². The number of rotatable bonds is 6. The first-order chi connectivity index (χ1) is 8.74. The Bertz CT molecular complexity index is 369. The van der Waals surface area contributed by atoms with Crippen LogP contribution in [0.25, 0.3) is 0 Å². The molecule has 1 aliphatic carbocycles. The van der Waals surface area contributed by atoms with E-state index in [2.05, 4.69) is 11.4 Å². The molecule has 4 heteroatoms. The lowest BCUT2D eigenvalue weighted by Crippen LogP contribution is -2.38. The summed E-state index contributed by atoms with van der Waals surface area (Å²) in [6.45, 7) is 0.824. The number of carbonyl (C=O) groups excluding carboxylic acids is 1. The first-order valence-electron chi connectivity index (χ1n) is 6.64. The van der Waals surface area contributed by atoms with E-state index < -0.39 is 0 Å². The number of aliphatic hydroxyl groups excluding tert-OH is 1. The molecule has 3 nitrogen and oxygen atoms in total.